The van der Waals surface area contributed by atoms with Crippen molar-refractivity contribution in [1.82, 2.24) is 4.83 Å². The van der Waals surface area contributed by atoms with E-state index < -0.39 is 10.0 Å². The predicted octanol–water partition coefficient (Wildman–Crippen LogP) is 2.04. The zero-order valence-corrected chi connectivity index (χ0v) is 12.6. The van der Waals surface area contributed by atoms with E-state index in [9.17, 15) is 8.42 Å². The van der Waals surface area contributed by atoms with E-state index in [0.717, 1.165) is 5.56 Å². The Morgan fingerprint density at radius 1 is 1.09 bits per heavy atom. The zero-order valence-electron chi connectivity index (χ0n) is 11.8. The van der Waals surface area contributed by atoms with Crippen molar-refractivity contribution in [3.63, 3.8) is 0 Å². The van der Waals surface area contributed by atoms with E-state index in [1.807, 2.05) is 6.92 Å². The van der Waals surface area contributed by atoms with E-state index in [0.29, 0.717) is 17.1 Å². The van der Waals surface area contributed by atoms with Gasteiger partial charge < -0.3 is 9.47 Å². The van der Waals surface area contributed by atoms with Gasteiger partial charge in [0.05, 0.1) is 11.1 Å². The van der Waals surface area contributed by atoms with E-state index in [-0.39, 0.29) is 11.7 Å². The number of sulfonamides is 1. The van der Waals surface area contributed by atoms with Gasteiger partial charge in [0.25, 0.3) is 10.0 Å². The standard InChI is InChI=1S/C15H14N2O4S/c1-11-2-5-13(6-3-11)22(18,19)17-16-9-12-4-7-14-15(8-12)21-10-20-14/h2-9,17H,10H2,1H3/b16-9+. The largest absolute Gasteiger partial charge is 0.454 e. The lowest BCUT2D eigenvalue weighted by atomic mass is 10.2. The lowest BCUT2D eigenvalue weighted by Gasteiger charge is -2.03. The molecule has 0 unspecified atom stereocenters. The molecule has 1 aliphatic heterocycles. The second-order valence-corrected chi connectivity index (χ2v) is 6.44. The first-order chi connectivity index (χ1) is 10.5. The average molecular weight is 318 g/mol. The number of aryl methyl sites for hydroxylation is 1. The van der Waals surface area contributed by atoms with Crippen LogP contribution in [-0.4, -0.2) is 21.4 Å². The number of hydrazone groups is 1. The van der Waals surface area contributed by atoms with Crippen LogP contribution in [0.3, 0.4) is 0 Å². The molecule has 2 aromatic carbocycles. The van der Waals surface area contributed by atoms with Gasteiger partial charge in [0.1, 0.15) is 0 Å². The van der Waals surface area contributed by atoms with Crippen LogP contribution < -0.4 is 14.3 Å². The lowest BCUT2D eigenvalue weighted by Crippen LogP contribution is -2.18. The molecule has 0 bridgehead atoms. The van der Waals surface area contributed by atoms with Crippen LogP contribution in [0.15, 0.2) is 52.5 Å². The van der Waals surface area contributed by atoms with Crippen molar-refractivity contribution in [2.45, 2.75) is 11.8 Å². The van der Waals surface area contributed by atoms with Gasteiger partial charge in [-0.2, -0.15) is 13.5 Å². The summed E-state index contributed by atoms with van der Waals surface area (Å²) in [6.07, 6.45) is 1.41. The maximum absolute atomic E-state index is 12.1. The molecule has 3 rings (SSSR count). The SMILES string of the molecule is Cc1ccc(S(=O)(=O)N/N=C/c2ccc3c(c2)OCO3)cc1. The summed E-state index contributed by atoms with van der Waals surface area (Å²) >= 11 is 0. The van der Waals surface area contributed by atoms with E-state index in [4.69, 9.17) is 9.47 Å². The molecule has 22 heavy (non-hydrogen) atoms. The summed E-state index contributed by atoms with van der Waals surface area (Å²) in [5.41, 5.74) is 1.69. The third kappa shape index (κ3) is 3.04. The molecule has 0 radical (unpaired) electrons. The number of nitrogens with one attached hydrogen (secondary N) is 1. The van der Waals surface area contributed by atoms with Crippen LogP contribution in [0.5, 0.6) is 11.5 Å². The molecule has 1 aliphatic rings. The zero-order chi connectivity index (χ0) is 15.6. The van der Waals surface area contributed by atoms with Crippen LogP contribution in [-0.2, 0) is 10.0 Å². The third-order valence-electron chi connectivity index (χ3n) is 3.11. The molecule has 2 aromatic rings. The monoisotopic (exact) mass is 318 g/mol. The highest BCUT2D eigenvalue weighted by Gasteiger charge is 2.13. The van der Waals surface area contributed by atoms with Gasteiger partial charge in [-0.25, -0.2) is 4.83 Å². The van der Waals surface area contributed by atoms with E-state index in [1.165, 1.54) is 18.3 Å². The highest BCUT2D eigenvalue weighted by molar-refractivity contribution is 7.89. The van der Waals surface area contributed by atoms with Crippen LogP contribution in [0.4, 0.5) is 0 Å². The van der Waals surface area contributed by atoms with Crippen molar-refractivity contribution in [1.29, 1.82) is 0 Å². The Kier molecular flexibility index (Phi) is 3.72. The van der Waals surface area contributed by atoms with Gasteiger partial charge in [0, 0.05) is 0 Å². The van der Waals surface area contributed by atoms with E-state index in [1.54, 1.807) is 30.3 Å². The number of rotatable bonds is 4. The smallest absolute Gasteiger partial charge is 0.276 e. The first-order valence-corrected chi connectivity index (χ1v) is 8.04. The number of hydrogen-bond acceptors (Lipinski definition) is 5. The first kappa shape index (κ1) is 14.4. The lowest BCUT2D eigenvalue weighted by molar-refractivity contribution is 0.174. The van der Waals surface area contributed by atoms with Crippen LogP contribution in [0.1, 0.15) is 11.1 Å². The molecule has 0 atom stereocenters. The predicted molar refractivity (Wildman–Crippen MR) is 81.7 cm³/mol. The summed E-state index contributed by atoms with van der Waals surface area (Å²) < 4.78 is 34.5. The Morgan fingerprint density at radius 2 is 1.82 bits per heavy atom. The van der Waals surface area contributed by atoms with Crippen molar-refractivity contribution >= 4 is 16.2 Å². The Bertz CT molecular complexity index is 814. The molecule has 7 heteroatoms. The Labute approximate surface area is 128 Å². The van der Waals surface area contributed by atoms with Crippen LogP contribution in [0.2, 0.25) is 0 Å². The van der Waals surface area contributed by atoms with E-state index in [2.05, 4.69) is 9.93 Å². The first-order valence-electron chi connectivity index (χ1n) is 6.56. The normalized spacial score (nSPS) is 13.5. The quantitative estimate of drug-likeness (QED) is 0.691. The highest BCUT2D eigenvalue weighted by Crippen LogP contribution is 2.31. The maximum Gasteiger partial charge on any atom is 0.276 e. The topological polar surface area (TPSA) is 77.0 Å². The van der Waals surface area contributed by atoms with Crippen molar-refractivity contribution in [3.05, 3.63) is 53.6 Å². The molecule has 0 aromatic heterocycles. The molecule has 0 amide bonds. The molecular weight excluding hydrogens is 304 g/mol. The van der Waals surface area contributed by atoms with Gasteiger partial charge in [-0.1, -0.05) is 17.7 Å². The van der Waals surface area contributed by atoms with Crippen molar-refractivity contribution in [2.75, 3.05) is 6.79 Å². The molecule has 0 spiro atoms. The third-order valence-corrected chi connectivity index (χ3v) is 4.35. The van der Waals surface area contributed by atoms with Crippen LogP contribution in [0.25, 0.3) is 0 Å². The summed E-state index contributed by atoms with van der Waals surface area (Å²) in [5, 5.41) is 3.78. The van der Waals surface area contributed by atoms with Gasteiger partial charge in [-0.15, -0.1) is 0 Å². The summed E-state index contributed by atoms with van der Waals surface area (Å²) in [6, 6.07) is 11.8. The van der Waals surface area contributed by atoms with Crippen LogP contribution in [0, 0.1) is 6.92 Å². The van der Waals surface area contributed by atoms with E-state index >= 15 is 0 Å². The molecular formula is C15H14N2O4S. The fourth-order valence-electron chi connectivity index (χ4n) is 1.93. The molecule has 1 N–H and O–H groups in total. The molecule has 0 saturated heterocycles. The molecule has 0 aliphatic carbocycles. The second-order valence-electron chi connectivity index (χ2n) is 4.78. The second kappa shape index (κ2) is 5.69. The number of benzene rings is 2. The maximum atomic E-state index is 12.1. The van der Waals surface area contributed by atoms with Crippen molar-refractivity contribution in [2.24, 2.45) is 5.10 Å². The van der Waals surface area contributed by atoms with Crippen LogP contribution >= 0.6 is 0 Å². The van der Waals surface area contributed by atoms with Gasteiger partial charge in [-0.05, 0) is 42.8 Å². The Morgan fingerprint density at radius 3 is 2.59 bits per heavy atom. The Balaban J connectivity index is 1.72. The molecule has 0 fully saturated rings. The van der Waals surface area contributed by atoms with Crippen molar-refractivity contribution < 1.29 is 17.9 Å². The van der Waals surface area contributed by atoms with Crippen molar-refractivity contribution in [3.8, 4) is 11.5 Å². The molecule has 0 saturated carbocycles. The number of ether oxygens (including phenoxy) is 2. The number of nitrogens with zero attached hydrogens (tertiary/aromatic N) is 1. The van der Waals surface area contributed by atoms with Gasteiger partial charge >= 0.3 is 0 Å². The fraction of sp³-hybridized carbons (Fsp3) is 0.133. The summed E-state index contributed by atoms with van der Waals surface area (Å²) in [4.78, 5) is 2.35. The minimum absolute atomic E-state index is 0.168. The highest BCUT2D eigenvalue weighted by atomic mass is 32.2. The average Bonchev–Trinajstić information content (AvgIpc) is 2.95. The Hall–Kier alpha value is -2.54. The summed E-state index contributed by atoms with van der Waals surface area (Å²) in [5.74, 6) is 1.28. The van der Waals surface area contributed by atoms with Gasteiger partial charge in [0.2, 0.25) is 6.79 Å². The minimum atomic E-state index is -3.66. The van der Waals surface area contributed by atoms with Gasteiger partial charge in [0.15, 0.2) is 11.5 Å². The molecule has 6 nitrogen and oxygen atoms in total. The van der Waals surface area contributed by atoms with Gasteiger partial charge in [-0.3, -0.25) is 0 Å². The number of fused-ring (bicyclic) bond motifs is 1. The summed E-state index contributed by atoms with van der Waals surface area (Å²) in [7, 11) is -3.66. The molecule has 1 heterocycles. The minimum Gasteiger partial charge on any atom is -0.454 e. The molecule has 114 valence electrons. The summed E-state index contributed by atoms with van der Waals surface area (Å²) in [6.45, 7) is 2.08. The fourth-order valence-corrected chi connectivity index (χ4v) is 2.73. The number of hydrogen-bond donors (Lipinski definition) is 1.